The second-order valence-corrected chi connectivity index (χ2v) is 6.18. The Bertz CT molecular complexity index is 815. The van der Waals surface area contributed by atoms with E-state index in [1.807, 2.05) is 25.1 Å². The molecule has 0 unspecified atom stereocenters. The molecule has 1 atom stereocenters. The van der Waals surface area contributed by atoms with Gasteiger partial charge in [-0.25, -0.2) is 9.87 Å². The normalized spacial score (nSPS) is 19.9. The van der Waals surface area contributed by atoms with Crippen LogP contribution in [0.1, 0.15) is 35.2 Å². The number of carbonyl (C=O) groups excluding carboxylic acids is 1. The van der Waals surface area contributed by atoms with Crippen LogP contribution in [0.3, 0.4) is 0 Å². The van der Waals surface area contributed by atoms with E-state index < -0.39 is 11.3 Å². The third-order valence-corrected chi connectivity index (χ3v) is 4.75. The van der Waals surface area contributed by atoms with E-state index in [-0.39, 0.29) is 5.82 Å². The first-order valence-electron chi connectivity index (χ1n) is 7.83. The van der Waals surface area contributed by atoms with E-state index in [1.54, 1.807) is 30.7 Å². The summed E-state index contributed by atoms with van der Waals surface area (Å²) < 4.78 is 14.0. The zero-order valence-electron chi connectivity index (χ0n) is 13.6. The topological polar surface area (TPSA) is 62.2 Å². The van der Waals surface area contributed by atoms with Crippen LogP contribution in [0, 0.1) is 19.7 Å². The Hall–Kier alpha value is -2.53. The highest BCUT2D eigenvalue weighted by Gasteiger charge is 2.43. The first-order chi connectivity index (χ1) is 11.5. The molecule has 24 heavy (non-hydrogen) atoms. The van der Waals surface area contributed by atoms with E-state index in [1.165, 1.54) is 6.07 Å². The van der Waals surface area contributed by atoms with Crippen LogP contribution in [-0.2, 0) is 10.2 Å². The number of hydroxylamine groups is 1. The van der Waals surface area contributed by atoms with Gasteiger partial charge in [0, 0.05) is 11.9 Å². The molecular weight excluding hydrogens is 307 g/mol. The minimum Gasteiger partial charge on any atom is -0.289 e. The van der Waals surface area contributed by atoms with Crippen molar-refractivity contribution in [2.45, 2.75) is 32.1 Å². The van der Waals surface area contributed by atoms with E-state index in [2.05, 4.69) is 4.98 Å². The molecule has 0 aliphatic heterocycles. The molecule has 0 radical (unpaired) electrons. The van der Waals surface area contributed by atoms with Crippen molar-refractivity contribution in [3.8, 4) is 0 Å². The van der Waals surface area contributed by atoms with Crippen molar-refractivity contribution in [2.75, 3.05) is 0 Å². The predicted octanol–water partition coefficient (Wildman–Crippen LogP) is 3.46. The summed E-state index contributed by atoms with van der Waals surface area (Å²) in [6.07, 6.45) is 4.71. The van der Waals surface area contributed by atoms with E-state index in [9.17, 15) is 14.4 Å². The monoisotopic (exact) mass is 326 g/mol. The quantitative estimate of drug-likeness (QED) is 0.671. The Morgan fingerprint density at radius 3 is 2.75 bits per heavy atom. The van der Waals surface area contributed by atoms with Gasteiger partial charge in [-0.2, -0.15) is 0 Å². The van der Waals surface area contributed by atoms with Crippen molar-refractivity contribution in [3.05, 3.63) is 70.8 Å². The highest BCUT2D eigenvalue weighted by molar-refractivity contribution is 5.94. The smallest absolute Gasteiger partial charge is 0.257 e. The van der Waals surface area contributed by atoms with Gasteiger partial charge in [0.15, 0.2) is 0 Å². The zero-order valence-corrected chi connectivity index (χ0v) is 13.6. The Kier molecular flexibility index (Phi) is 4.20. The summed E-state index contributed by atoms with van der Waals surface area (Å²) in [7, 11) is 0. The van der Waals surface area contributed by atoms with E-state index in [0.29, 0.717) is 24.0 Å². The number of amides is 1. The third kappa shape index (κ3) is 2.61. The van der Waals surface area contributed by atoms with E-state index in [0.717, 1.165) is 16.8 Å². The summed E-state index contributed by atoms with van der Waals surface area (Å²) in [5.74, 6) is -0.914. The van der Waals surface area contributed by atoms with Crippen molar-refractivity contribution < 1.29 is 14.4 Å². The molecule has 4 nitrogen and oxygen atoms in total. The number of allylic oxidation sites excluding steroid dienone is 1. The van der Waals surface area contributed by atoms with Gasteiger partial charge >= 0.3 is 0 Å². The van der Waals surface area contributed by atoms with Gasteiger partial charge in [-0.3, -0.25) is 15.0 Å². The predicted molar refractivity (Wildman–Crippen MR) is 88.9 cm³/mol. The molecule has 0 saturated heterocycles. The van der Waals surface area contributed by atoms with Gasteiger partial charge in [0.05, 0.1) is 5.41 Å². The SMILES string of the molecule is Cc1ccc(C2=C[C@](C(=O)NO)(c3cccc(F)c3C)CC2)cn1. The largest absolute Gasteiger partial charge is 0.289 e. The molecule has 0 saturated carbocycles. The van der Waals surface area contributed by atoms with Crippen molar-refractivity contribution in [3.63, 3.8) is 0 Å². The number of pyridine rings is 1. The lowest BCUT2D eigenvalue weighted by Gasteiger charge is -2.27. The number of aryl methyl sites for hydroxylation is 1. The number of hydrogen-bond acceptors (Lipinski definition) is 3. The minimum atomic E-state index is -1.08. The number of nitrogens with one attached hydrogen (secondary N) is 1. The lowest BCUT2D eigenvalue weighted by Crippen LogP contribution is -2.41. The maximum atomic E-state index is 14.0. The first kappa shape index (κ1) is 16.3. The number of rotatable bonds is 3. The average Bonchev–Trinajstić information content (AvgIpc) is 3.03. The van der Waals surface area contributed by atoms with Crippen LogP contribution in [0.25, 0.3) is 5.57 Å². The molecule has 3 rings (SSSR count). The lowest BCUT2D eigenvalue weighted by atomic mass is 9.77. The summed E-state index contributed by atoms with van der Waals surface area (Å²) in [5.41, 5.74) is 4.48. The molecule has 1 amide bonds. The molecule has 1 aliphatic carbocycles. The second kappa shape index (κ2) is 6.17. The fraction of sp³-hybridized carbons (Fsp3) is 0.263. The Morgan fingerprint density at radius 1 is 1.29 bits per heavy atom. The zero-order chi connectivity index (χ0) is 17.3. The molecule has 5 heteroatoms. The summed E-state index contributed by atoms with van der Waals surface area (Å²) >= 11 is 0. The fourth-order valence-electron chi connectivity index (χ4n) is 3.36. The third-order valence-electron chi connectivity index (χ3n) is 4.75. The van der Waals surface area contributed by atoms with Gasteiger partial charge in [-0.05, 0) is 61.1 Å². The molecule has 0 bridgehead atoms. The number of hydrogen-bond donors (Lipinski definition) is 2. The van der Waals surface area contributed by atoms with Crippen molar-refractivity contribution >= 4 is 11.5 Å². The van der Waals surface area contributed by atoms with Crippen LogP contribution >= 0.6 is 0 Å². The maximum Gasteiger partial charge on any atom is 0.257 e. The Labute approximate surface area is 140 Å². The summed E-state index contributed by atoms with van der Waals surface area (Å²) in [6.45, 7) is 3.56. The van der Waals surface area contributed by atoms with E-state index >= 15 is 0 Å². The van der Waals surface area contributed by atoms with Crippen LogP contribution in [0.2, 0.25) is 0 Å². The van der Waals surface area contributed by atoms with Crippen molar-refractivity contribution in [1.82, 2.24) is 10.5 Å². The molecule has 1 aliphatic rings. The number of benzene rings is 1. The summed E-state index contributed by atoms with van der Waals surface area (Å²) in [4.78, 5) is 16.8. The minimum absolute atomic E-state index is 0.364. The van der Waals surface area contributed by atoms with Gasteiger partial charge in [0.1, 0.15) is 5.82 Å². The Balaban J connectivity index is 2.13. The number of nitrogens with zero attached hydrogens (tertiary/aromatic N) is 1. The van der Waals surface area contributed by atoms with Gasteiger partial charge in [0.2, 0.25) is 0 Å². The van der Waals surface area contributed by atoms with Gasteiger partial charge in [-0.15, -0.1) is 0 Å². The highest BCUT2D eigenvalue weighted by Crippen LogP contribution is 2.44. The lowest BCUT2D eigenvalue weighted by molar-refractivity contribution is -0.133. The van der Waals surface area contributed by atoms with E-state index in [4.69, 9.17) is 0 Å². The van der Waals surface area contributed by atoms with Crippen LogP contribution in [-0.4, -0.2) is 16.1 Å². The van der Waals surface area contributed by atoms with Crippen molar-refractivity contribution in [1.29, 1.82) is 0 Å². The molecule has 0 spiro atoms. The molecular formula is C19H19FN2O2. The molecule has 1 aromatic carbocycles. The summed E-state index contributed by atoms with van der Waals surface area (Å²) in [6, 6.07) is 8.56. The van der Waals surface area contributed by atoms with Gasteiger partial charge < -0.3 is 0 Å². The maximum absolute atomic E-state index is 14.0. The Morgan fingerprint density at radius 2 is 2.08 bits per heavy atom. The standard InChI is InChI=1S/C19H19FN2O2/c1-12-6-7-15(11-21-12)14-8-9-19(10-14,18(23)22-24)16-4-3-5-17(20)13(16)2/h3-7,10-11,24H,8-9H2,1-2H3,(H,22,23)/t19-/m0/s1. The second-order valence-electron chi connectivity index (χ2n) is 6.18. The molecule has 1 aromatic heterocycles. The molecule has 124 valence electrons. The van der Waals surface area contributed by atoms with Crippen LogP contribution in [0.15, 0.2) is 42.6 Å². The average molecular weight is 326 g/mol. The first-order valence-corrected chi connectivity index (χ1v) is 7.83. The van der Waals surface area contributed by atoms with Gasteiger partial charge in [-0.1, -0.05) is 24.3 Å². The number of carbonyl (C=O) groups is 1. The highest BCUT2D eigenvalue weighted by atomic mass is 19.1. The number of halogens is 1. The van der Waals surface area contributed by atoms with Crippen LogP contribution < -0.4 is 5.48 Å². The number of aromatic nitrogens is 1. The summed E-state index contributed by atoms with van der Waals surface area (Å²) in [5, 5.41) is 9.24. The van der Waals surface area contributed by atoms with Gasteiger partial charge in [0.25, 0.3) is 5.91 Å². The molecule has 2 N–H and O–H groups in total. The molecule has 0 fully saturated rings. The van der Waals surface area contributed by atoms with Crippen LogP contribution in [0.5, 0.6) is 0 Å². The molecule has 2 aromatic rings. The van der Waals surface area contributed by atoms with Crippen molar-refractivity contribution in [2.24, 2.45) is 0 Å². The molecule has 1 heterocycles. The fourth-order valence-corrected chi connectivity index (χ4v) is 3.36. The van der Waals surface area contributed by atoms with Crippen LogP contribution in [0.4, 0.5) is 4.39 Å².